The number of likely N-dealkylation sites (tertiary alicyclic amines) is 1. The number of amides is 2. The molecule has 1 saturated heterocycles. The van der Waals surface area contributed by atoms with Gasteiger partial charge >= 0.3 is 0 Å². The maximum atomic E-state index is 13.0. The smallest absolute Gasteiger partial charge is 0.270 e. The van der Waals surface area contributed by atoms with Gasteiger partial charge in [0.05, 0.1) is 12.1 Å². The van der Waals surface area contributed by atoms with Gasteiger partial charge in [-0.1, -0.05) is 68.4 Å². The summed E-state index contributed by atoms with van der Waals surface area (Å²) in [6, 6.07) is 20.4. The van der Waals surface area contributed by atoms with Gasteiger partial charge in [0.2, 0.25) is 5.91 Å². The highest BCUT2D eigenvalue weighted by atomic mass is 16.2. The summed E-state index contributed by atoms with van der Waals surface area (Å²) in [4.78, 5) is 45.0. The molecule has 7 nitrogen and oxygen atoms in total. The fourth-order valence-electron chi connectivity index (χ4n) is 4.44. The number of para-hydroxylation sites is 1. The third-order valence-electron chi connectivity index (χ3n) is 6.25. The van der Waals surface area contributed by atoms with Gasteiger partial charge in [0.25, 0.3) is 5.91 Å². The number of benzene rings is 2. The second-order valence-corrected chi connectivity index (χ2v) is 9.61. The fraction of sp³-hybridized carbons (Fsp3) is 0.357. The first-order chi connectivity index (χ1) is 16.9. The van der Waals surface area contributed by atoms with Crippen LogP contribution >= 0.6 is 0 Å². The molecule has 182 valence electrons. The summed E-state index contributed by atoms with van der Waals surface area (Å²) >= 11 is 0. The van der Waals surface area contributed by atoms with Crippen molar-refractivity contribution in [2.45, 2.75) is 32.9 Å². The number of carbonyl (C=O) groups is 3. The molecule has 2 N–H and O–H groups in total. The average molecular weight is 473 g/mol. The zero-order valence-corrected chi connectivity index (χ0v) is 20.2. The van der Waals surface area contributed by atoms with Gasteiger partial charge in [-0.05, 0) is 30.0 Å². The lowest BCUT2D eigenvalue weighted by molar-refractivity contribution is -0.124. The van der Waals surface area contributed by atoms with Crippen LogP contribution in [0.1, 0.15) is 36.3 Å². The lowest BCUT2D eigenvalue weighted by atomic mass is 10.0. The van der Waals surface area contributed by atoms with Crippen molar-refractivity contribution in [3.8, 4) is 0 Å². The zero-order chi connectivity index (χ0) is 24.8. The molecule has 0 radical (unpaired) electrons. The minimum atomic E-state index is -0.701. The monoisotopic (exact) mass is 472 g/mol. The first-order valence-corrected chi connectivity index (χ1v) is 12.1. The number of fused-ring (bicyclic) bond motifs is 1. The Morgan fingerprint density at radius 2 is 1.77 bits per heavy atom. The second kappa shape index (κ2) is 11.2. The van der Waals surface area contributed by atoms with Crippen LogP contribution < -0.4 is 10.6 Å². The number of rotatable bonds is 9. The molecule has 2 atom stereocenters. The van der Waals surface area contributed by atoms with E-state index >= 15 is 0 Å². The van der Waals surface area contributed by atoms with E-state index in [1.165, 1.54) is 0 Å². The summed E-state index contributed by atoms with van der Waals surface area (Å²) in [6.45, 7) is 5.97. The molecule has 1 aromatic heterocycles. The molecule has 1 unspecified atom stereocenters. The van der Waals surface area contributed by atoms with E-state index in [0.29, 0.717) is 26.1 Å². The van der Waals surface area contributed by atoms with E-state index < -0.39 is 6.04 Å². The van der Waals surface area contributed by atoms with Crippen LogP contribution in [0.2, 0.25) is 0 Å². The van der Waals surface area contributed by atoms with Gasteiger partial charge in [-0.3, -0.25) is 19.3 Å². The van der Waals surface area contributed by atoms with Gasteiger partial charge in [-0.2, -0.15) is 0 Å². The van der Waals surface area contributed by atoms with E-state index in [9.17, 15) is 14.4 Å². The molecule has 0 aliphatic carbocycles. The number of carbonyl (C=O) groups excluding carboxylic acids is 3. The molecular formula is C28H32N4O3. The lowest BCUT2D eigenvalue weighted by Gasteiger charge is -2.21. The standard InChI is InChI=1S/C28H32N4O3/c1-19(2)14-25(31-28(35)24-13-12-21-10-6-7-11-23(21)30-24)27(34)29-15-22-17-32(18-26(22)33)16-20-8-4-3-5-9-20/h3-13,19,22,25H,14-18H2,1-2H3,(H,29,34)(H,31,35)/t22?,25-/m0/s1. The summed E-state index contributed by atoms with van der Waals surface area (Å²) in [7, 11) is 0. The van der Waals surface area contributed by atoms with Crippen molar-refractivity contribution in [3.05, 3.63) is 78.0 Å². The van der Waals surface area contributed by atoms with E-state index in [1.54, 1.807) is 6.07 Å². The highest BCUT2D eigenvalue weighted by Crippen LogP contribution is 2.16. The molecule has 1 aliphatic heterocycles. The quantitative estimate of drug-likeness (QED) is 0.499. The Labute approximate surface area is 205 Å². The molecule has 2 amide bonds. The molecular weight excluding hydrogens is 440 g/mol. The van der Waals surface area contributed by atoms with Crippen LogP contribution in [-0.2, 0) is 16.1 Å². The number of hydrogen-bond acceptors (Lipinski definition) is 5. The molecule has 1 aliphatic rings. The van der Waals surface area contributed by atoms with Crippen LogP contribution in [0.3, 0.4) is 0 Å². The molecule has 2 heterocycles. The Kier molecular flexibility index (Phi) is 7.87. The van der Waals surface area contributed by atoms with E-state index in [0.717, 1.165) is 16.5 Å². The third kappa shape index (κ3) is 6.51. The highest BCUT2D eigenvalue weighted by molar-refractivity contribution is 5.98. The van der Waals surface area contributed by atoms with E-state index in [4.69, 9.17) is 0 Å². The van der Waals surface area contributed by atoms with Crippen molar-refractivity contribution in [1.82, 2.24) is 20.5 Å². The van der Waals surface area contributed by atoms with Gasteiger partial charge in [0.15, 0.2) is 5.78 Å². The van der Waals surface area contributed by atoms with Crippen LogP contribution in [0.15, 0.2) is 66.7 Å². The SMILES string of the molecule is CC(C)C[C@H](NC(=O)c1ccc2ccccc2n1)C(=O)NCC1CN(Cc2ccccc2)CC1=O. The zero-order valence-electron chi connectivity index (χ0n) is 20.2. The maximum Gasteiger partial charge on any atom is 0.270 e. The Morgan fingerprint density at radius 3 is 2.54 bits per heavy atom. The summed E-state index contributed by atoms with van der Waals surface area (Å²) in [6.07, 6.45) is 0.490. The number of Topliss-reactive ketones (excluding diaryl/α,β-unsaturated/α-hetero) is 1. The largest absolute Gasteiger partial charge is 0.354 e. The van der Waals surface area contributed by atoms with Gasteiger partial charge in [0, 0.05) is 30.9 Å². The van der Waals surface area contributed by atoms with Gasteiger partial charge in [-0.25, -0.2) is 4.98 Å². The molecule has 0 saturated carbocycles. The Balaban J connectivity index is 1.35. The highest BCUT2D eigenvalue weighted by Gasteiger charge is 2.32. The van der Waals surface area contributed by atoms with E-state index in [1.807, 2.05) is 74.5 Å². The van der Waals surface area contributed by atoms with Crippen molar-refractivity contribution < 1.29 is 14.4 Å². The van der Waals surface area contributed by atoms with Crippen LogP contribution in [0.4, 0.5) is 0 Å². The number of nitrogens with zero attached hydrogens (tertiary/aromatic N) is 2. The summed E-state index contributed by atoms with van der Waals surface area (Å²) in [5, 5.41) is 6.71. The average Bonchev–Trinajstić information content (AvgIpc) is 3.20. The maximum absolute atomic E-state index is 13.0. The molecule has 2 aromatic carbocycles. The van der Waals surface area contributed by atoms with Crippen molar-refractivity contribution in [1.29, 1.82) is 0 Å². The minimum absolute atomic E-state index is 0.131. The molecule has 0 spiro atoms. The van der Waals surface area contributed by atoms with Crippen LogP contribution in [0, 0.1) is 11.8 Å². The summed E-state index contributed by atoms with van der Waals surface area (Å²) in [5.41, 5.74) is 2.16. The van der Waals surface area contributed by atoms with Crippen LogP contribution in [-0.4, -0.2) is 53.2 Å². The Hall–Kier alpha value is -3.58. The topological polar surface area (TPSA) is 91.4 Å². The third-order valence-corrected chi connectivity index (χ3v) is 6.25. The number of pyridine rings is 1. The van der Waals surface area contributed by atoms with E-state index in [2.05, 4.69) is 20.5 Å². The first-order valence-electron chi connectivity index (χ1n) is 12.1. The summed E-state index contributed by atoms with van der Waals surface area (Å²) < 4.78 is 0. The number of aromatic nitrogens is 1. The lowest BCUT2D eigenvalue weighted by Crippen LogP contribution is -2.49. The predicted molar refractivity (Wildman–Crippen MR) is 136 cm³/mol. The molecule has 4 rings (SSSR count). The van der Waals surface area contributed by atoms with Gasteiger partial charge in [0.1, 0.15) is 11.7 Å². The van der Waals surface area contributed by atoms with Crippen LogP contribution in [0.5, 0.6) is 0 Å². The van der Waals surface area contributed by atoms with Gasteiger partial charge in [-0.15, -0.1) is 0 Å². The number of nitrogens with one attached hydrogen (secondary N) is 2. The van der Waals surface area contributed by atoms with Crippen molar-refractivity contribution in [2.24, 2.45) is 11.8 Å². The summed E-state index contributed by atoms with van der Waals surface area (Å²) in [5.74, 6) is -0.582. The Morgan fingerprint density at radius 1 is 1.03 bits per heavy atom. The van der Waals surface area contributed by atoms with E-state index in [-0.39, 0.29) is 41.7 Å². The number of ketones is 1. The minimum Gasteiger partial charge on any atom is -0.354 e. The second-order valence-electron chi connectivity index (χ2n) is 9.61. The molecule has 3 aromatic rings. The van der Waals surface area contributed by atoms with Crippen molar-refractivity contribution >= 4 is 28.5 Å². The van der Waals surface area contributed by atoms with Crippen LogP contribution in [0.25, 0.3) is 10.9 Å². The molecule has 1 fully saturated rings. The predicted octanol–water partition coefficient (Wildman–Crippen LogP) is 3.20. The van der Waals surface area contributed by atoms with Gasteiger partial charge < -0.3 is 10.6 Å². The number of hydrogen-bond donors (Lipinski definition) is 2. The first kappa shape index (κ1) is 24.5. The molecule has 35 heavy (non-hydrogen) atoms. The Bertz CT molecular complexity index is 1200. The molecule has 7 heteroatoms. The van der Waals surface area contributed by atoms with Crippen molar-refractivity contribution in [2.75, 3.05) is 19.6 Å². The fourth-order valence-corrected chi connectivity index (χ4v) is 4.44. The van der Waals surface area contributed by atoms with Crippen molar-refractivity contribution in [3.63, 3.8) is 0 Å². The molecule has 0 bridgehead atoms. The normalized spacial score (nSPS) is 17.0.